The largest absolute Gasteiger partial charge is 0.484 e. The van der Waals surface area contributed by atoms with Gasteiger partial charge in [0.15, 0.2) is 6.61 Å². The molecule has 3 N–H and O–H groups in total. The molecule has 0 aliphatic heterocycles. The molecule has 21 heavy (non-hydrogen) atoms. The van der Waals surface area contributed by atoms with E-state index in [4.69, 9.17) is 22.7 Å². The molecule has 0 saturated carbocycles. The van der Waals surface area contributed by atoms with Crippen LogP contribution in [0.5, 0.6) is 5.75 Å². The standard InChI is InChI=1S/C16H16N2O2S/c17-15(21)10-12-6-8-13(9-7-12)18-16(19)11-20-14-4-2-1-3-5-14/h1-9H,10-11H2,(H2,17,21)(H,18,19). The van der Waals surface area contributed by atoms with Crippen LogP contribution < -0.4 is 15.8 Å². The van der Waals surface area contributed by atoms with Gasteiger partial charge in [0, 0.05) is 12.1 Å². The van der Waals surface area contributed by atoms with E-state index in [1.165, 1.54) is 0 Å². The molecule has 0 aliphatic rings. The lowest BCUT2D eigenvalue weighted by molar-refractivity contribution is -0.118. The second-order valence-electron chi connectivity index (χ2n) is 4.49. The molecule has 4 nitrogen and oxygen atoms in total. The Labute approximate surface area is 128 Å². The van der Waals surface area contributed by atoms with Crippen LogP contribution in [0, 0.1) is 0 Å². The number of anilines is 1. The predicted octanol–water partition coefficient (Wildman–Crippen LogP) is 2.53. The fraction of sp³-hybridized carbons (Fsp3) is 0.125. The van der Waals surface area contributed by atoms with E-state index < -0.39 is 0 Å². The van der Waals surface area contributed by atoms with Gasteiger partial charge in [0.05, 0.1) is 4.99 Å². The average Bonchev–Trinajstić information content (AvgIpc) is 2.48. The fourth-order valence-electron chi connectivity index (χ4n) is 1.77. The topological polar surface area (TPSA) is 64.3 Å². The summed E-state index contributed by atoms with van der Waals surface area (Å²) < 4.78 is 5.37. The van der Waals surface area contributed by atoms with Crippen LogP contribution in [0.1, 0.15) is 5.56 Å². The summed E-state index contributed by atoms with van der Waals surface area (Å²) in [6.07, 6.45) is 0.556. The summed E-state index contributed by atoms with van der Waals surface area (Å²) >= 11 is 4.85. The van der Waals surface area contributed by atoms with Crippen LogP contribution in [0.15, 0.2) is 54.6 Å². The summed E-state index contributed by atoms with van der Waals surface area (Å²) in [5, 5.41) is 2.76. The van der Waals surface area contributed by atoms with Gasteiger partial charge in [0.25, 0.3) is 5.91 Å². The van der Waals surface area contributed by atoms with Crippen LogP contribution in [-0.4, -0.2) is 17.5 Å². The maximum absolute atomic E-state index is 11.8. The molecule has 0 fully saturated rings. The first-order valence-corrected chi connectivity index (χ1v) is 6.89. The number of benzene rings is 2. The van der Waals surface area contributed by atoms with Crippen molar-refractivity contribution in [3.63, 3.8) is 0 Å². The molecule has 0 aliphatic carbocycles. The van der Waals surface area contributed by atoms with E-state index in [-0.39, 0.29) is 12.5 Å². The van der Waals surface area contributed by atoms with E-state index in [2.05, 4.69) is 5.32 Å². The van der Waals surface area contributed by atoms with Gasteiger partial charge in [-0.05, 0) is 29.8 Å². The van der Waals surface area contributed by atoms with Crippen molar-refractivity contribution in [3.05, 3.63) is 60.2 Å². The number of carbonyl (C=O) groups excluding carboxylic acids is 1. The number of rotatable bonds is 6. The lowest BCUT2D eigenvalue weighted by Gasteiger charge is -2.08. The van der Waals surface area contributed by atoms with Crippen molar-refractivity contribution in [1.82, 2.24) is 0 Å². The third-order valence-electron chi connectivity index (χ3n) is 2.73. The molecule has 1 amide bonds. The lowest BCUT2D eigenvalue weighted by Crippen LogP contribution is -2.20. The minimum Gasteiger partial charge on any atom is -0.484 e. The van der Waals surface area contributed by atoms with Gasteiger partial charge in [0.2, 0.25) is 0 Å². The van der Waals surface area contributed by atoms with E-state index in [1.807, 2.05) is 42.5 Å². The third kappa shape index (κ3) is 5.24. The number of thiocarbonyl (C=S) groups is 1. The zero-order valence-electron chi connectivity index (χ0n) is 11.4. The molecule has 0 bridgehead atoms. The smallest absolute Gasteiger partial charge is 0.262 e. The van der Waals surface area contributed by atoms with Crippen LogP contribution in [0.25, 0.3) is 0 Å². The van der Waals surface area contributed by atoms with Crippen LogP contribution in [0.3, 0.4) is 0 Å². The zero-order valence-corrected chi connectivity index (χ0v) is 12.2. The molecule has 0 unspecified atom stereocenters. The van der Waals surface area contributed by atoms with Gasteiger partial charge in [-0.15, -0.1) is 0 Å². The molecule has 0 spiro atoms. The highest BCUT2D eigenvalue weighted by Gasteiger charge is 2.04. The monoisotopic (exact) mass is 300 g/mol. The molecule has 2 aromatic rings. The summed E-state index contributed by atoms with van der Waals surface area (Å²) in [5.41, 5.74) is 7.21. The Morgan fingerprint density at radius 1 is 1.10 bits per heavy atom. The van der Waals surface area contributed by atoms with Gasteiger partial charge in [-0.2, -0.15) is 0 Å². The van der Waals surface area contributed by atoms with Crippen molar-refractivity contribution in [2.24, 2.45) is 5.73 Å². The second-order valence-corrected chi connectivity index (χ2v) is 5.01. The van der Waals surface area contributed by atoms with E-state index in [0.29, 0.717) is 22.8 Å². The van der Waals surface area contributed by atoms with Crippen LogP contribution in [-0.2, 0) is 11.2 Å². The van der Waals surface area contributed by atoms with E-state index in [1.54, 1.807) is 12.1 Å². The molecule has 0 atom stereocenters. The fourth-order valence-corrected chi connectivity index (χ4v) is 1.94. The number of nitrogens with one attached hydrogen (secondary N) is 1. The summed E-state index contributed by atoms with van der Waals surface area (Å²) in [7, 11) is 0. The molecule has 108 valence electrons. The number of amides is 1. The number of nitrogens with two attached hydrogens (primary N) is 1. The average molecular weight is 300 g/mol. The van der Waals surface area contributed by atoms with Gasteiger partial charge in [-0.1, -0.05) is 42.5 Å². The van der Waals surface area contributed by atoms with Gasteiger partial charge in [-0.25, -0.2) is 0 Å². The Hall–Kier alpha value is -2.40. The Balaban J connectivity index is 1.83. The SMILES string of the molecule is NC(=S)Cc1ccc(NC(=O)COc2ccccc2)cc1. The van der Waals surface area contributed by atoms with Gasteiger partial charge in [0.1, 0.15) is 5.75 Å². The third-order valence-corrected chi connectivity index (χ3v) is 2.87. The van der Waals surface area contributed by atoms with Crippen molar-refractivity contribution < 1.29 is 9.53 Å². The Kier molecular flexibility index (Phi) is 5.29. The summed E-state index contributed by atoms with van der Waals surface area (Å²) in [5.74, 6) is 0.459. The minimum atomic E-state index is -0.207. The summed E-state index contributed by atoms with van der Waals surface area (Å²) in [6.45, 7) is -0.0291. The number of hydrogen-bond donors (Lipinski definition) is 2. The van der Waals surface area contributed by atoms with E-state index >= 15 is 0 Å². The normalized spacial score (nSPS) is 9.90. The molecule has 2 rings (SSSR count). The van der Waals surface area contributed by atoms with Crippen molar-refractivity contribution in [3.8, 4) is 5.75 Å². The quantitative estimate of drug-likeness (QED) is 0.805. The van der Waals surface area contributed by atoms with Crippen LogP contribution in [0.2, 0.25) is 0 Å². The molecule has 0 radical (unpaired) electrons. The van der Waals surface area contributed by atoms with Crippen molar-refractivity contribution in [1.29, 1.82) is 0 Å². The Morgan fingerprint density at radius 3 is 2.38 bits per heavy atom. The van der Waals surface area contributed by atoms with Crippen molar-refractivity contribution >= 4 is 28.8 Å². The molecule has 5 heteroatoms. The molecule has 0 heterocycles. The van der Waals surface area contributed by atoms with Crippen LogP contribution in [0.4, 0.5) is 5.69 Å². The minimum absolute atomic E-state index is 0.0291. The number of ether oxygens (including phenoxy) is 1. The highest BCUT2D eigenvalue weighted by molar-refractivity contribution is 7.80. The first kappa shape index (κ1) is 15.0. The van der Waals surface area contributed by atoms with E-state index in [0.717, 1.165) is 5.56 Å². The molecule has 0 saturated heterocycles. The Bertz CT molecular complexity index is 612. The van der Waals surface area contributed by atoms with Crippen molar-refractivity contribution in [2.45, 2.75) is 6.42 Å². The number of para-hydroxylation sites is 1. The highest BCUT2D eigenvalue weighted by atomic mass is 32.1. The van der Waals surface area contributed by atoms with Gasteiger partial charge < -0.3 is 15.8 Å². The summed E-state index contributed by atoms with van der Waals surface area (Å²) in [6, 6.07) is 16.6. The van der Waals surface area contributed by atoms with Crippen molar-refractivity contribution in [2.75, 3.05) is 11.9 Å². The maximum Gasteiger partial charge on any atom is 0.262 e. The first-order valence-electron chi connectivity index (χ1n) is 6.48. The number of carbonyl (C=O) groups is 1. The highest BCUT2D eigenvalue weighted by Crippen LogP contribution is 2.11. The molecular weight excluding hydrogens is 284 g/mol. The van der Waals surface area contributed by atoms with Crippen LogP contribution >= 0.6 is 12.2 Å². The molecule has 0 aromatic heterocycles. The maximum atomic E-state index is 11.8. The second kappa shape index (κ2) is 7.40. The predicted molar refractivity (Wildman–Crippen MR) is 87.5 cm³/mol. The summed E-state index contributed by atoms with van der Waals surface area (Å²) in [4.78, 5) is 12.2. The number of hydrogen-bond acceptors (Lipinski definition) is 3. The Morgan fingerprint density at radius 2 is 1.76 bits per heavy atom. The molecular formula is C16H16N2O2S. The van der Waals surface area contributed by atoms with Gasteiger partial charge in [-0.3, -0.25) is 4.79 Å². The molecule has 2 aromatic carbocycles. The van der Waals surface area contributed by atoms with E-state index in [9.17, 15) is 4.79 Å². The first-order chi connectivity index (χ1) is 10.1. The van der Waals surface area contributed by atoms with Gasteiger partial charge >= 0.3 is 0 Å². The zero-order chi connectivity index (χ0) is 15.1. The lowest BCUT2D eigenvalue weighted by atomic mass is 10.1.